The molecule has 62 valence electrons. The van der Waals surface area contributed by atoms with Crippen molar-refractivity contribution < 1.29 is 0 Å². The molecule has 1 aromatic carbocycles. The second-order valence-electron chi connectivity index (χ2n) is 2.86. The van der Waals surface area contributed by atoms with Crippen LogP contribution in [0.15, 0.2) is 28.9 Å². The minimum Gasteiger partial charge on any atom is -0.399 e. The number of nitrogens with zero attached hydrogens (tertiary/aromatic N) is 1. The highest BCUT2D eigenvalue weighted by molar-refractivity contribution is 9.10. The monoisotopic (exact) mass is 224 g/mol. The average Bonchev–Trinajstić information content (AvgIpc) is 2.28. The topological polar surface area (TPSA) is 30.9 Å². The summed E-state index contributed by atoms with van der Waals surface area (Å²) in [4.78, 5) is 0. The molecule has 0 atom stereocenters. The van der Waals surface area contributed by atoms with E-state index in [0.29, 0.717) is 0 Å². The number of rotatable bonds is 0. The van der Waals surface area contributed by atoms with Gasteiger partial charge < -0.3 is 10.3 Å². The second-order valence-corrected chi connectivity index (χ2v) is 3.72. The van der Waals surface area contributed by atoms with E-state index in [9.17, 15) is 0 Å². The van der Waals surface area contributed by atoms with Crippen molar-refractivity contribution in [2.45, 2.75) is 0 Å². The van der Waals surface area contributed by atoms with Gasteiger partial charge in [0.2, 0.25) is 0 Å². The SMILES string of the molecule is Cn1cc(Br)c2cc(N)ccc21. The van der Waals surface area contributed by atoms with E-state index in [1.807, 2.05) is 31.4 Å². The van der Waals surface area contributed by atoms with Crippen LogP contribution in [0.3, 0.4) is 0 Å². The first-order valence-electron chi connectivity index (χ1n) is 3.68. The van der Waals surface area contributed by atoms with Gasteiger partial charge in [0.25, 0.3) is 0 Å². The van der Waals surface area contributed by atoms with E-state index in [1.54, 1.807) is 0 Å². The summed E-state index contributed by atoms with van der Waals surface area (Å²) < 4.78 is 3.16. The normalized spacial score (nSPS) is 10.8. The number of nitrogen functional groups attached to an aromatic ring is 1. The van der Waals surface area contributed by atoms with Gasteiger partial charge in [-0.2, -0.15) is 0 Å². The Bertz CT molecular complexity index is 431. The number of hydrogen-bond donors (Lipinski definition) is 1. The number of aryl methyl sites for hydroxylation is 1. The van der Waals surface area contributed by atoms with Gasteiger partial charge in [-0.1, -0.05) is 0 Å². The van der Waals surface area contributed by atoms with Gasteiger partial charge in [-0.05, 0) is 34.1 Å². The first-order valence-corrected chi connectivity index (χ1v) is 4.48. The molecule has 0 aliphatic rings. The lowest BCUT2D eigenvalue weighted by molar-refractivity contribution is 0.967. The molecule has 3 heteroatoms. The van der Waals surface area contributed by atoms with Gasteiger partial charge in [0.15, 0.2) is 0 Å². The molecule has 2 nitrogen and oxygen atoms in total. The van der Waals surface area contributed by atoms with Gasteiger partial charge in [0.1, 0.15) is 0 Å². The second kappa shape index (κ2) is 2.52. The summed E-state index contributed by atoms with van der Waals surface area (Å²) in [6.45, 7) is 0. The molecule has 0 amide bonds. The highest BCUT2D eigenvalue weighted by atomic mass is 79.9. The third kappa shape index (κ3) is 1.01. The smallest absolute Gasteiger partial charge is 0.0490 e. The summed E-state index contributed by atoms with van der Waals surface area (Å²) in [5.41, 5.74) is 7.66. The van der Waals surface area contributed by atoms with E-state index in [2.05, 4.69) is 20.5 Å². The minimum atomic E-state index is 0.800. The lowest BCUT2D eigenvalue weighted by atomic mass is 10.2. The van der Waals surface area contributed by atoms with Crippen LogP contribution in [0.5, 0.6) is 0 Å². The van der Waals surface area contributed by atoms with Crippen LogP contribution in [-0.2, 0) is 7.05 Å². The predicted molar refractivity (Wildman–Crippen MR) is 55.0 cm³/mol. The molecule has 0 unspecified atom stereocenters. The Morgan fingerprint density at radius 3 is 2.92 bits per heavy atom. The Hall–Kier alpha value is -0.960. The summed E-state index contributed by atoms with van der Waals surface area (Å²) >= 11 is 3.48. The van der Waals surface area contributed by atoms with Gasteiger partial charge in [-0.15, -0.1) is 0 Å². The van der Waals surface area contributed by atoms with E-state index in [-0.39, 0.29) is 0 Å². The summed E-state index contributed by atoms with van der Waals surface area (Å²) in [6.07, 6.45) is 2.03. The molecule has 0 aliphatic heterocycles. The lowest BCUT2D eigenvalue weighted by Gasteiger charge is -1.96. The molecule has 0 bridgehead atoms. The standard InChI is InChI=1S/C9H9BrN2/c1-12-5-8(10)7-4-6(11)2-3-9(7)12/h2-5H,11H2,1H3. The van der Waals surface area contributed by atoms with E-state index >= 15 is 0 Å². The largest absolute Gasteiger partial charge is 0.399 e. The maximum absolute atomic E-state index is 5.67. The predicted octanol–water partition coefficient (Wildman–Crippen LogP) is 2.52. The van der Waals surface area contributed by atoms with Gasteiger partial charge in [0.05, 0.1) is 0 Å². The Balaban J connectivity index is 2.90. The average molecular weight is 225 g/mol. The number of halogens is 1. The zero-order valence-electron chi connectivity index (χ0n) is 6.71. The first kappa shape index (κ1) is 7.68. The van der Waals surface area contributed by atoms with Crippen molar-refractivity contribution in [2.75, 3.05) is 5.73 Å². The third-order valence-corrected chi connectivity index (χ3v) is 2.60. The maximum Gasteiger partial charge on any atom is 0.0490 e. The number of benzene rings is 1. The molecule has 0 saturated carbocycles. The highest BCUT2D eigenvalue weighted by Gasteiger charge is 2.02. The molecular formula is C9H9BrN2. The fourth-order valence-corrected chi connectivity index (χ4v) is 1.99. The van der Waals surface area contributed by atoms with Crippen LogP contribution in [0.1, 0.15) is 0 Å². The Morgan fingerprint density at radius 1 is 1.42 bits per heavy atom. The zero-order chi connectivity index (χ0) is 8.72. The van der Waals surface area contributed by atoms with Crippen LogP contribution in [0.2, 0.25) is 0 Å². The Morgan fingerprint density at radius 2 is 2.17 bits per heavy atom. The Labute approximate surface area is 79.1 Å². The fourth-order valence-electron chi connectivity index (χ4n) is 1.36. The zero-order valence-corrected chi connectivity index (χ0v) is 8.30. The van der Waals surface area contributed by atoms with Crippen molar-refractivity contribution in [3.05, 3.63) is 28.9 Å². The summed E-state index contributed by atoms with van der Waals surface area (Å²) in [5.74, 6) is 0. The molecule has 0 spiro atoms. The van der Waals surface area contributed by atoms with Crippen LogP contribution < -0.4 is 5.73 Å². The molecule has 2 aromatic rings. The van der Waals surface area contributed by atoms with E-state index in [4.69, 9.17) is 5.73 Å². The number of nitrogens with two attached hydrogens (primary N) is 1. The molecule has 0 fully saturated rings. The van der Waals surface area contributed by atoms with Crippen molar-refractivity contribution >= 4 is 32.5 Å². The van der Waals surface area contributed by atoms with Crippen LogP contribution in [-0.4, -0.2) is 4.57 Å². The van der Waals surface area contributed by atoms with Crippen LogP contribution in [0.25, 0.3) is 10.9 Å². The number of anilines is 1. The summed E-state index contributed by atoms with van der Waals surface area (Å²) in [7, 11) is 2.02. The number of fused-ring (bicyclic) bond motifs is 1. The molecule has 1 heterocycles. The molecular weight excluding hydrogens is 216 g/mol. The third-order valence-electron chi connectivity index (χ3n) is 1.96. The molecule has 0 aliphatic carbocycles. The van der Waals surface area contributed by atoms with Crippen molar-refractivity contribution in [3.63, 3.8) is 0 Å². The van der Waals surface area contributed by atoms with Gasteiger partial charge in [-0.3, -0.25) is 0 Å². The van der Waals surface area contributed by atoms with Crippen molar-refractivity contribution in [2.24, 2.45) is 7.05 Å². The fraction of sp³-hybridized carbons (Fsp3) is 0.111. The quantitative estimate of drug-likeness (QED) is 0.686. The van der Waals surface area contributed by atoms with Gasteiger partial charge >= 0.3 is 0 Å². The number of aromatic nitrogens is 1. The molecule has 0 saturated heterocycles. The van der Waals surface area contributed by atoms with Crippen molar-refractivity contribution in [1.29, 1.82) is 0 Å². The number of hydrogen-bond acceptors (Lipinski definition) is 1. The maximum atomic E-state index is 5.67. The van der Waals surface area contributed by atoms with Gasteiger partial charge in [-0.25, -0.2) is 0 Å². The minimum absolute atomic E-state index is 0.800. The van der Waals surface area contributed by atoms with Crippen molar-refractivity contribution in [3.8, 4) is 0 Å². The molecule has 2 N–H and O–H groups in total. The van der Waals surface area contributed by atoms with Crippen molar-refractivity contribution in [1.82, 2.24) is 4.57 Å². The molecule has 2 rings (SSSR count). The summed E-state index contributed by atoms with van der Waals surface area (Å²) in [6, 6.07) is 5.91. The molecule has 12 heavy (non-hydrogen) atoms. The van der Waals surface area contributed by atoms with E-state index in [0.717, 1.165) is 15.5 Å². The Kier molecular flexibility index (Phi) is 1.61. The first-order chi connectivity index (χ1) is 5.68. The van der Waals surface area contributed by atoms with E-state index < -0.39 is 0 Å². The summed E-state index contributed by atoms with van der Waals surface area (Å²) in [5, 5.41) is 1.16. The molecule has 0 radical (unpaired) electrons. The van der Waals surface area contributed by atoms with Crippen LogP contribution in [0, 0.1) is 0 Å². The highest BCUT2D eigenvalue weighted by Crippen LogP contribution is 2.26. The van der Waals surface area contributed by atoms with E-state index in [1.165, 1.54) is 5.52 Å². The van der Waals surface area contributed by atoms with Crippen LogP contribution in [0.4, 0.5) is 5.69 Å². The molecule has 1 aromatic heterocycles. The van der Waals surface area contributed by atoms with Crippen LogP contribution >= 0.6 is 15.9 Å². The van der Waals surface area contributed by atoms with Gasteiger partial charge in [0, 0.05) is 34.3 Å². The lowest BCUT2D eigenvalue weighted by Crippen LogP contribution is -1.85.